The van der Waals surface area contributed by atoms with Crippen LogP contribution >= 0.6 is 0 Å². The number of benzene rings is 1. The number of hydrogen-bond donors (Lipinski definition) is 1. The molecule has 0 bridgehead atoms. The van der Waals surface area contributed by atoms with E-state index in [9.17, 15) is 13.2 Å². The van der Waals surface area contributed by atoms with Crippen molar-refractivity contribution < 1.29 is 17.9 Å². The van der Waals surface area contributed by atoms with Crippen LogP contribution in [0.4, 0.5) is 0 Å². The van der Waals surface area contributed by atoms with Gasteiger partial charge in [0.1, 0.15) is 11.4 Å². The quantitative estimate of drug-likeness (QED) is 0.924. The Balaban J connectivity index is 1.92. The fourth-order valence-corrected chi connectivity index (χ4v) is 4.89. The highest BCUT2D eigenvalue weighted by atomic mass is 32.2. The molecule has 1 aromatic heterocycles. The van der Waals surface area contributed by atoms with E-state index in [1.165, 1.54) is 0 Å². The number of fused-ring (bicyclic) bond motifs is 1. The fraction of sp³-hybridized carbons (Fsp3) is 0.438. The number of carbonyl (C=O) groups excluding carboxylic acids is 1. The molecule has 1 amide bonds. The molecule has 1 N–H and O–H groups in total. The van der Waals surface area contributed by atoms with Gasteiger partial charge >= 0.3 is 0 Å². The number of ether oxygens (including phenoxy) is 1. The van der Waals surface area contributed by atoms with Gasteiger partial charge in [0.05, 0.1) is 24.1 Å². The van der Waals surface area contributed by atoms with Crippen molar-refractivity contribution in [3.8, 4) is 5.75 Å². The molecule has 1 aliphatic rings. The molecule has 1 saturated heterocycles. The molecule has 1 atom stereocenters. The summed E-state index contributed by atoms with van der Waals surface area (Å²) in [4.78, 5) is 17.6. The lowest BCUT2D eigenvalue weighted by Crippen LogP contribution is -2.41. The first kappa shape index (κ1) is 15.9. The lowest BCUT2D eigenvalue weighted by Gasteiger charge is -2.26. The van der Waals surface area contributed by atoms with E-state index >= 15 is 0 Å². The largest absolute Gasteiger partial charge is 0.495 e. The minimum atomic E-state index is -3.03. The second-order valence-corrected chi connectivity index (χ2v) is 7.98. The number of hydrogen-bond acceptors (Lipinski definition) is 4. The summed E-state index contributed by atoms with van der Waals surface area (Å²) in [6.07, 6.45) is 0.505. The summed E-state index contributed by atoms with van der Waals surface area (Å²) < 4.78 is 28.7. The number of para-hydroxylation sites is 1. The van der Waals surface area contributed by atoms with Crippen molar-refractivity contribution in [1.29, 1.82) is 0 Å². The zero-order valence-electron chi connectivity index (χ0n) is 13.2. The number of aromatic amines is 1. The number of nitrogens with one attached hydrogen (secondary N) is 1. The summed E-state index contributed by atoms with van der Waals surface area (Å²) >= 11 is 0. The van der Waals surface area contributed by atoms with Crippen LogP contribution < -0.4 is 4.74 Å². The zero-order chi connectivity index (χ0) is 16.6. The fourth-order valence-electron chi connectivity index (χ4n) is 3.16. The van der Waals surface area contributed by atoms with Gasteiger partial charge < -0.3 is 14.6 Å². The van der Waals surface area contributed by atoms with Crippen molar-refractivity contribution in [3.63, 3.8) is 0 Å². The van der Waals surface area contributed by atoms with Gasteiger partial charge in [-0.05, 0) is 25.5 Å². The van der Waals surface area contributed by atoms with E-state index in [4.69, 9.17) is 4.74 Å². The van der Waals surface area contributed by atoms with Crippen molar-refractivity contribution in [1.82, 2.24) is 9.88 Å². The number of carbonyl (C=O) groups is 1. The van der Waals surface area contributed by atoms with Gasteiger partial charge in [-0.2, -0.15) is 0 Å². The average Bonchev–Trinajstić information content (AvgIpc) is 3.10. The number of amides is 1. The number of nitrogens with zero attached hydrogens (tertiary/aromatic N) is 1. The standard InChI is InChI=1S/C16H20N2O4S/c1-3-18(12-7-8-23(20,21)10-12)16(19)13-9-11-5-4-6-14(22-2)15(11)17-13/h4-6,9,12,17H,3,7-8,10H2,1-2H3. The normalized spacial score (nSPS) is 19.8. The highest BCUT2D eigenvalue weighted by Gasteiger charge is 2.34. The van der Waals surface area contributed by atoms with Crippen LogP contribution in [0.5, 0.6) is 5.75 Å². The molecule has 1 unspecified atom stereocenters. The van der Waals surface area contributed by atoms with Gasteiger partial charge in [0.15, 0.2) is 9.84 Å². The molecule has 0 spiro atoms. The predicted molar refractivity (Wildman–Crippen MR) is 88.6 cm³/mol. The number of methoxy groups -OCH3 is 1. The van der Waals surface area contributed by atoms with Crippen LogP contribution in [0.1, 0.15) is 23.8 Å². The number of rotatable bonds is 4. The first-order valence-electron chi connectivity index (χ1n) is 7.62. The molecule has 0 radical (unpaired) electrons. The van der Waals surface area contributed by atoms with E-state index < -0.39 is 9.84 Å². The third kappa shape index (κ3) is 2.93. The summed E-state index contributed by atoms with van der Waals surface area (Å²) in [5.41, 5.74) is 1.23. The van der Waals surface area contributed by atoms with E-state index in [1.54, 1.807) is 18.1 Å². The van der Waals surface area contributed by atoms with Gasteiger partial charge in [-0.3, -0.25) is 4.79 Å². The van der Waals surface area contributed by atoms with Crippen LogP contribution in [0, 0.1) is 0 Å². The Hall–Kier alpha value is -2.02. The molecule has 7 heteroatoms. The Kier molecular flexibility index (Phi) is 4.06. The Labute approximate surface area is 135 Å². The Morgan fingerprint density at radius 2 is 2.22 bits per heavy atom. The minimum Gasteiger partial charge on any atom is -0.495 e. The lowest BCUT2D eigenvalue weighted by molar-refractivity contribution is 0.0703. The van der Waals surface area contributed by atoms with Crippen LogP contribution in [-0.4, -0.2) is 55.4 Å². The van der Waals surface area contributed by atoms with E-state index in [0.29, 0.717) is 24.4 Å². The van der Waals surface area contributed by atoms with Gasteiger partial charge in [0.25, 0.3) is 5.91 Å². The van der Waals surface area contributed by atoms with Crippen LogP contribution in [0.25, 0.3) is 10.9 Å². The Morgan fingerprint density at radius 3 is 2.83 bits per heavy atom. The number of H-pyrrole nitrogens is 1. The molecule has 23 heavy (non-hydrogen) atoms. The van der Waals surface area contributed by atoms with Gasteiger partial charge in [0, 0.05) is 18.0 Å². The van der Waals surface area contributed by atoms with E-state index in [-0.39, 0.29) is 23.5 Å². The SMILES string of the molecule is CCN(C(=O)c1cc2cccc(OC)c2[nH]1)C1CCS(=O)(=O)C1. The maximum Gasteiger partial charge on any atom is 0.270 e. The monoisotopic (exact) mass is 336 g/mol. The van der Waals surface area contributed by atoms with Crippen LogP contribution in [0.3, 0.4) is 0 Å². The molecule has 1 fully saturated rings. The molecular weight excluding hydrogens is 316 g/mol. The first-order chi connectivity index (χ1) is 10.9. The Morgan fingerprint density at radius 1 is 1.43 bits per heavy atom. The maximum absolute atomic E-state index is 12.8. The van der Waals surface area contributed by atoms with Gasteiger partial charge in [-0.25, -0.2) is 8.42 Å². The summed E-state index contributed by atoms with van der Waals surface area (Å²) in [5, 5.41) is 0.891. The summed E-state index contributed by atoms with van der Waals surface area (Å²) in [5.74, 6) is 0.707. The summed E-state index contributed by atoms with van der Waals surface area (Å²) in [6.45, 7) is 2.34. The second-order valence-electron chi connectivity index (χ2n) is 5.76. The van der Waals surface area contributed by atoms with Crippen molar-refractivity contribution >= 4 is 26.6 Å². The second kappa shape index (κ2) is 5.88. The van der Waals surface area contributed by atoms with Crippen LogP contribution in [0.15, 0.2) is 24.3 Å². The lowest BCUT2D eigenvalue weighted by atomic mass is 10.2. The number of sulfone groups is 1. The Bertz CT molecular complexity index is 841. The molecule has 6 nitrogen and oxygen atoms in total. The highest BCUT2D eigenvalue weighted by Crippen LogP contribution is 2.27. The summed E-state index contributed by atoms with van der Waals surface area (Å²) in [7, 11) is -1.44. The predicted octanol–water partition coefficient (Wildman–Crippen LogP) is 1.83. The molecule has 1 aromatic carbocycles. The smallest absolute Gasteiger partial charge is 0.270 e. The molecule has 2 aromatic rings. The molecule has 124 valence electrons. The molecule has 2 heterocycles. The van der Waals surface area contributed by atoms with E-state index in [1.807, 2.05) is 25.1 Å². The van der Waals surface area contributed by atoms with E-state index in [0.717, 1.165) is 10.9 Å². The molecule has 1 aliphatic heterocycles. The third-order valence-electron chi connectivity index (χ3n) is 4.32. The summed E-state index contributed by atoms with van der Waals surface area (Å²) in [6, 6.07) is 7.14. The van der Waals surface area contributed by atoms with Crippen LogP contribution in [0.2, 0.25) is 0 Å². The first-order valence-corrected chi connectivity index (χ1v) is 9.44. The maximum atomic E-state index is 12.8. The molecule has 3 rings (SSSR count). The van der Waals surface area contributed by atoms with Crippen molar-refractivity contribution in [2.24, 2.45) is 0 Å². The van der Waals surface area contributed by atoms with Gasteiger partial charge in [-0.1, -0.05) is 12.1 Å². The molecule has 0 aliphatic carbocycles. The van der Waals surface area contributed by atoms with Crippen molar-refractivity contribution in [2.75, 3.05) is 25.2 Å². The van der Waals surface area contributed by atoms with Crippen molar-refractivity contribution in [2.45, 2.75) is 19.4 Å². The van der Waals surface area contributed by atoms with Crippen molar-refractivity contribution in [3.05, 3.63) is 30.0 Å². The third-order valence-corrected chi connectivity index (χ3v) is 6.07. The highest BCUT2D eigenvalue weighted by molar-refractivity contribution is 7.91. The van der Waals surface area contributed by atoms with Gasteiger partial charge in [0.2, 0.25) is 0 Å². The minimum absolute atomic E-state index is 0.0517. The topological polar surface area (TPSA) is 79.5 Å². The van der Waals surface area contributed by atoms with Gasteiger partial charge in [-0.15, -0.1) is 0 Å². The molecule has 0 saturated carbocycles. The number of aromatic nitrogens is 1. The molecular formula is C16H20N2O4S. The zero-order valence-corrected chi connectivity index (χ0v) is 14.0. The average molecular weight is 336 g/mol. The van der Waals surface area contributed by atoms with Crippen LogP contribution in [-0.2, 0) is 9.84 Å². The van der Waals surface area contributed by atoms with E-state index in [2.05, 4.69) is 4.98 Å².